The standard InChI is InChI=1S/C26H29FN2O/c1-5-8-17(18(15-30)9-6-2)12-24-26-21(14-29(24)4)20-11-7-10-19-16(3)22(27)13-23(28-26)25(19)20/h5,12-13,15H,1,6-11,14H2,2-4H3/b18-17-,24-12-. The molecule has 30 heavy (non-hydrogen) atoms. The number of carbonyl (C=O) groups excluding carboxylic acids is 1. The minimum absolute atomic E-state index is 0.173. The van der Waals surface area contributed by atoms with Gasteiger partial charge in [0.25, 0.3) is 0 Å². The maximum absolute atomic E-state index is 14.6. The van der Waals surface area contributed by atoms with Crippen molar-refractivity contribution in [2.75, 3.05) is 7.05 Å². The summed E-state index contributed by atoms with van der Waals surface area (Å²) < 4.78 is 14.6. The van der Waals surface area contributed by atoms with Crippen molar-refractivity contribution < 1.29 is 9.18 Å². The number of carbonyl (C=O) groups is 1. The van der Waals surface area contributed by atoms with Crippen LogP contribution in [0.3, 0.4) is 0 Å². The van der Waals surface area contributed by atoms with E-state index in [-0.39, 0.29) is 5.82 Å². The molecule has 0 radical (unpaired) electrons. The number of hydrogen-bond acceptors (Lipinski definition) is 3. The van der Waals surface area contributed by atoms with Gasteiger partial charge in [0.15, 0.2) is 0 Å². The number of benzene rings is 1. The summed E-state index contributed by atoms with van der Waals surface area (Å²) >= 11 is 0. The van der Waals surface area contributed by atoms with Crippen molar-refractivity contribution in [2.45, 2.75) is 58.9 Å². The molecule has 0 atom stereocenters. The lowest BCUT2D eigenvalue weighted by molar-refractivity contribution is -0.105. The van der Waals surface area contributed by atoms with Gasteiger partial charge in [0.1, 0.15) is 12.1 Å². The van der Waals surface area contributed by atoms with Gasteiger partial charge >= 0.3 is 0 Å². The fourth-order valence-electron chi connectivity index (χ4n) is 4.96. The molecule has 1 aromatic carbocycles. The van der Waals surface area contributed by atoms with E-state index in [1.807, 2.05) is 13.0 Å². The molecule has 2 heterocycles. The van der Waals surface area contributed by atoms with Crippen LogP contribution in [-0.4, -0.2) is 23.2 Å². The Morgan fingerprint density at radius 1 is 1.27 bits per heavy atom. The highest BCUT2D eigenvalue weighted by molar-refractivity contribution is 5.92. The van der Waals surface area contributed by atoms with E-state index in [0.717, 1.165) is 89.5 Å². The lowest BCUT2D eigenvalue weighted by Gasteiger charge is -2.21. The van der Waals surface area contributed by atoms with Crippen LogP contribution in [0.25, 0.3) is 16.6 Å². The van der Waals surface area contributed by atoms with Gasteiger partial charge in [0, 0.05) is 30.6 Å². The van der Waals surface area contributed by atoms with E-state index >= 15 is 0 Å². The van der Waals surface area contributed by atoms with Crippen molar-refractivity contribution in [1.29, 1.82) is 0 Å². The van der Waals surface area contributed by atoms with Gasteiger partial charge in [0.2, 0.25) is 0 Å². The van der Waals surface area contributed by atoms with Gasteiger partial charge in [0.05, 0.1) is 16.9 Å². The number of nitrogens with zero attached hydrogens (tertiary/aromatic N) is 2. The molecule has 2 aromatic rings. The van der Waals surface area contributed by atoms with E-state index < -0.39 is 0 Å². The zero-order chi connectivity index (χ0) is 21.4. The summed E-state index contributed by atoms with van der Waals surface area (Å²) in [5, 5.41) is 1.16. The molecule has 0 saturated carbocycles. The highest BCUT2D eigenvalue weighted by Gasteiger charge is 2.30. The monoisotopic (exact) mass is 404 g/mol. The first kappa shape index (κ1) is 20.5. The van der Waals surface area contributed by atoms with Crippen molar-refractivity contribution in [1.82, 2.24) is 9.88 Å². The lowest BCUT2D eigenvalue weighted by atomic mass is 9.85. The summed E-state index contributed by atoms with van der Waals surface area (Å²) in [6.45, 7) is 8.62. The lowest BCUT2D eigenvalue weighted by Crippen LogP contribution is -2.10. The van der Waals surface area contributed by atoms with E-state index in [2.05, 4.69) is 31.5 Å². The number of pyridine rings is 1. The first-order valence-corrected chi connectivity index (χ1v) is 10.8. The van der Waals surface area contributed by atoms with Crippen LogP contribution in [0.5, 0.6) is 0 Å². The molecular formula is C26H29FN2O. The van der Waals surface area contributed by atoms with Gasteiger partial charge in [-0.3, -0.25) is 4.79 Å². The van der Waals surface area contributed by atoms with Crippen molar-refractivity contribution in [3.8, 4) is 0 Å². The van der Waals surface area contributed by atoms with Crippen LogP contribution in [0.2, 0.25) is 0 Å². The van der Waals surface area contributed by atoms with E-state index in [0.29, 0.717) is 6.42 Å². The zero-order valence-corrected chi connectivity index (χ0v) is 18.1. The van der Waals surface area contributed by atoms with Gasteiger partial charge in [-0.2, -0.15) is 0 Å². The molecule has 0 amide bonds. The predicted octanol–water partition coefficient (Wildman–Crippen LogP) is 5.83. The number of aryl methyl sites for hydroxylation is 2. The Hall–Kier alpha value is -2.75. The molecule has 0 N–H and O–H groups in total. The Morgan fingerprint density at radius 2 is 2.03 bits per heavy atom. The molecule has 1 aromatic heterocycles. The Balaban J connectivity index is 1.96. The molecule has 0 fully saturated rings. The molecule has 0 unspecified atom stereocenters. The average molecular weight is 405 g/mol. The first-order chi connectivity index (χ1) is 14.5. The molecule has 2 aliphatic rings. The van der Waals surface area contributed by atoms with Gasteiger partial charge in [-0.25, -0.2) is 9.37 Å². The van der Waals surface area contributed by atoms with Gasteiger partial charge in [-0.15, -0.1) is 6.58 Å². The molecule has 0 saturated heterocycles. The van der Waals surface area contributed by atoms with Crippen LogP contribution in [0, 0.1) is 12.7 Å². The summed E-state index contributed by atoms with van der Waals surface area (Å²) in [4.78, 5) is 18.9. The topological polar surface area (TPSA) is 33.2 Å². The Bertz CT molecular complexity index is 1110. The van der Waals surface area contributed by atoms with Crippen LogP contribution in [-0.2, 0) is 24.2 Å². The van der Waals surface area contributed by atoms with Gasteiger partial charge < -0.3 is 4.90 Å². The van der Waals surface area contributed by atoms with Gasteiger partial charge in [-0.05, 0) is 72.9 Å². The van der Waals surface area contributed by atoms with E-state index in [9.17, 15) is 9.18 Å². The third-order valence-electron chi connectivity index (χ3n) is 6.47. The highest BCUT2D eigenvalue weighted by Crippen LogP contribution is 2.41. The van der Waals surface area contributed by atoms with E-state index in [1.54, 1.807) is 6.07 Å². The maximum Gasteiger partial charge on any atom is 0.146 e. The number of allylic oxidation sites excluding steroid dienone is 4. The third-order valence-corrected chi connectivity index (χ3v) is 6.47. The number of fused-ring (bicyclic) bond motifs is 2. The summed E-state index contributed by atoms with van der Waals surface area (Å²) in [6.07, 6.45) is 10.2. The molecule has 156 valence electrons. The Labute approximate surface area is 178 Å². The van der Waals surface area contributed by atoms with Crippen molar-refractivity contribution in [2.24, 2.45) is 0 Å². The van der Waals surface area contributed by atoms with Crippen LogP contribution < -0.4 is 0 Å². The quantitative estimate of drug-likeness (QED) is 0.345. The van der Waals surface area contributed by atoms with Crippen molar-refractivity contribution in [3.05, 3.63) is 69.7 Å². The molecule has 4 heteroatoms. The second-order valence-corrected chi connectivity index (χ2v) is 8.42. The number of halogens is 1. The van der Waals surface area contributed by atoms with Gasteiger partial charge in [-0.1, -0.05) is 19.4 Å². The number of hydrogen-bond donors (Lipinski definition) is 0. The minimum atomic E-state index is -0.173. The second kappa shape index (κ2) is 8.17. The van der Waals surface area contributed by atoms with E-state index in [1.165, 1.54) is 11.1 Å². The largest absolute Gasteiger partial charge is 0.368 e. The van der Waals surface area contributed by atoms with Crippen molar-refractivity contribution in [3.63, 3.8) is 0 Å². The first-order valence-electron chi connectivity index (χ1n) is 10.8. The normalized spacial score (nSPS) is 17.3. The Kier molecular flexibility index (Phi) is 5.59. The molecule has 4 rings (SSSR count). The zero-order valence-electron chi connectivity index (χ0n) is 18.1. The maximum atomic E-state index is 14.6. The SMILES string of the molecule is C=CCC(/C=C1/c2nc3cc(F)c(C)c4c3c(c2CN1C)CCC4)=C(/C=O)CCC. The molecule has 0 bridgehead atoms. The summed E-state index contributed by atoms with van der Waals surface area (Å²) in [5.41, 5.74) is 8.96. The number of rotatable bonds is 6. The van der Waals surface area contributed by atoms with Crippen LogP contribution in [0.1, 0.15) is 60.6 Å². The molecule has 1 aliphatic heterocycles. The fraction of sp³-hybridized carbons (Fsp3) is 0.385. The highest BCUT2D eigenvalue weighted by atomic mass is 19.1. The predicted molar refractivity (Wildman–Crippen MR) is 121 cm³/mol. The summed E-state index contributed by atoms with van der Waals surface area (Å²) in [6, 6.07) is 1.59. The Morgan fingerprint density at radius 3 is 2.73 bits per heavy atom. The third kappa shape index (κ3) is 3.28. The summed E-state index contributed by atoms with van der Waals surface area (Å²) in [5.74, 6) is -0.173. The fourth-order valence-corrected chi connectivity index (χ4v) is 4.96. The molecule has 0 spiro atoms. The van der Waals surface area contributed by atoms with Crippen LogP contribution in [0.15, 0.2) is 35.9 Å². The number of aldehydes is 1. The van der Waals surface area contributed by atoms with Crippen LogP contribution >= 0.6 is 0 Å². The average Bonchev–Trinajstić information content (AvgIpc) is 3.05. The molecule has 1 aliphatic carbocycles. The molecule has 3 nitrogen and oxygen atoms in total. The minimum Gasteiger partial charge on any atom is -0.368 e. The van der Waals surface area contributed by atoms with Crippen LogP contribution in [0.4, 0.5) is 4.39 Å². The molecular weight excluding hydrogens is 375 g/mol. The van der Waals surface area contributed by atoms with E-state index in [4.69, 9.17) is 4.98 Å². The van der Waals surface area contributed by atoms with Crippen molar-refractivity contribution >= 4 is 22.9 Å². The smallest absolute Gasteiger partial charge is 0.146 e. The second-order valence-electron chi connectivity index (χ2n) is 8.42. The summed E-state index contributed by atoms with van der Waals surface area (Å²) in [7, 11) is 2.06. The number of aromatic nitrogens is 1.